The first kappa shape index (κ1) is 11.4. The number of rotatable bonds is 6. The van der Waals surface area contributed by atoms with Gasteiger partial charge in [-0.3, -0.25) is 4.79 Å². The summed E-state index contributed by atoms with van der Waals surface area (Å²) in [5.41, 5.74) is 0. The maximum atomic E-state index is 10.6. The van der Waals surface area contributed by atoms with Crippen molar-refractivity contribution in [2.45, 2.75) is 33.1 Å². The number of nitrogens with one attached hydrogen (secondary N) is 1. The van der Waals surface area contributed by atoms with E-state index in [1.807, 2.05) is 0 Å². The summed E-state index contributed by atoms with van der Waals surface area (Å²) in [5, 5.41) is 11.5. The van der Waals surface area contributed by atoms with Crippen molar-refractivity contribution in [3.63, 3.8) is 0 Å². The van der Waals surface area contributed by atoms with Crippen LogP contribution in [0.5, 0.6) is 0 Å². The number of amides is 1. The minimum atomic E-state index is 0.00837. The minimum absolute atomic E-state index is 0.00837. The van der Waals surface area contributed by atoms with Crippen molar-refractivity contribution in [3.05, 3.63) is 0 Å². The number of carbonyl (C=O) groups excluding carboxylic acids is 1. The zero-order valence-corrected chi connectivity index (χ0v) is 7.97. The van der Waals surface area contributed by atoms with Crippen LogP contribution < -0.4 is 5.32 Å². The van der Waals surface area contributed by atoms with Gasteiger partial charge in [0.15, 0.2) is 0 Å². The second-order valence-electron chi connectivity index (χ2n) is 3.10. The normalized spacial score (nSPS) is 12.6. The Morgan fingerprint density at radius 1 is 1.50 bits per heavy atom. The standard InChI is InChI=1S/C9H19NO2/c1-3-4-9(5-6-11)7-10-8(2)12/h9,11H,3-7H2,1-2H3,(H,10,12). The molecule has 1 amide bonds. The molecule has 0 heterocycles. The summed E-state index contributed by atoms with van der Waals surface area (Å²) in [5.74, 6) is 0.443. The first-order chi connectivity index (χ1) is 5.70. The Morgan fingerprint density at radius 2 is 2.17 bits per heavy atom. The van der Waals surface area contributed by atoms with E-state index in [9.17, 15) is 4.79 Å². The average molecular weight is 173 g/mol. The number of aliphatic hydroxyl groups excluding tert-OH is 1. The fraction of sp³-hybridized carbons (Fsp3) is 0.889. The lowest BCUT2D eigenvalue weighted by atomic mass is 10.0. The van der Waals surface area contributed by atoms with Gasteiger partial charge >= 0.3 is 0 Å². The molecule has 72 valence electrons. The van der Waals surface area contributed by atoms with Gasteiger partial charge < -0.3 is 10.4 Å². The number of hydrogen-bond acceptors (Lipinski definition) is 2. The number of carbonyl (C=O) groups is 1. The predicted octanol–water partition coefficient (Wildman–Crippen LogP) is 0.921. The monoisotopic (exact) mass is 173 g/mol. The molecule has 0 radical (unpaired) electrons. The van der Waals surface area contributed by atoms with Crippen molar-refractivity contribution in [1.82, 2.24) is 5.32 Å². The van der Waals surface area contributed by atoms with Crippen LogP contribution in [0.25, 0.3) is 0 Å². The smallest absolute Gasteiger partial charge is 0.216 e. The molecule has 3 nitrogen and oxygen atoms in total. The van der Waals surface area contributed by atoms with E-state index in [-0.39, 0.29) is 12.5 Å². The summed E-state index contributed by atoms with van der Waals surface area (Å²) in [7, 11) is 0. The van der Waals surface area contributed by atoms with Gasteiger partial charge in [-0.1, -0.05) is 13.3 Å². The van der Waals surface area contributed by atoms with E-state index in [1.54, 1.807) is 0 Å². The highest BCUT2D eigenvalue weighted by molar-refractivity contribution is 5.72. The maximum absolute atomic E-state index is 10.6. The summed E-state index contributed by atoms with van der Waals surface area (Å²) in [6, 6.07) is 0. The second kappa shape index (κ2) is 7.10. The van der Waals surface area contributed by atoms with Gasteiger partial charge in [-0.05, 0) is 18.8 Å². The zero-order chi connectivity index (χ0) is 9.40. The van der Waals surface area contributed by atoms with Crippen molar-refractivity contribution < 1.29 is 9.90 Å². The molecule has 0 rings (SSSR count). The molecule has 1 unspecified atom stereocenters. The van der Waals surface area contributed by atoms with Crippen LogP contribution in [0.2, 0.25) is 0 Å². The summed E-state index contributed by atoms with van der Waals surface area (Å²) < 4.78 is 0. The molecule has 3 heteroatoms. The molecule has 0 aliphatic carbocycles. The van der Waals surface area contributed by atoms with Gasteiger partial charge in [0, 0.05) is 20.1 Å². The van der Waals surface area contributed by atoms with E-state index in [4.69, 9.17) is 5.11 Å². The van der Waals surface area contributed by atoms with Crippen LogP contribution in [0.3, 0.4) is 0 Å². The quantitative estimate of drug-likeness (QED) is 0.627. The van der Waals surface area contributed by atoms with Crippen LogP contribution in [0.4, 0.5) is 0 Å². The van der Waals surface area contributed by atoms with E-state index in [0.29, 0.717) is 12.5 Å². The molecule has 0 aliphatic rings. The van der Waals surface area contributed by atoms with E-state index in [1.165, 1.54) is 6.92 Å². The Kier molecular flexibility index (Phi) is 6.76. The van der Waals surface area contributed by atoms with Gasteiger partial charge in [-0.25, -0.2) is 0 Å². The van der Waals surface area contributed by atoms with Gasteiger partial charge in [0.1, 0.15) is 0 Å². The van der Waals surface area contributed by atoms with Crippen LogP contribution in [0.1, 0.15) is 33.1 Å². The second-order valence-corrected chi connectivity index (χ2v) is 3.10. The number of aliphatic hydroxyl groups is 1. The number of hydrogen-bond donors (Lipinski definition) is 2. The van der Waals surface area contributed by atoms with Gasteiger partial charge in [0.2, 0.25) is 5.91 Å². The van der Waals surface area contributed by atoms with Gasteiger partial charge in [0.25, 0.3) is 0 Å². The van der Waals surface area contributed by atoms with Gasteiger partial charge in [-0.2, -0.15) is 0 Å². The third-order valence-electron chi connectivity index (χ3n) is 1.87. The summed E-state index contributed by atoms with van der Waals surface area (Å²) >= 11 is 0. The van der Waals surface area contributed by atoms with E-state index >= 15 is 0 Å². The lowest BCUT2D eigenvalue weighted by Gasteiger charge is -2.14. The summed E-state index contributed by atoms with van der Waals surface area (Å²) in [4.78, 5) is 10.6. The van der Waals surface area contributed by atoms with Crippen LogP contribution >= 0.6 is 0 Å². The Morgan fingerprint density at radius 3 is 2.58 bits per heavy atom. The van der Waals surface area contributed by atoms with Crippen molar-refractivity contribution in [1.29, 1.82) is 0 Å². The van der Waals surface area contributed by atoms with Crippen molar-refractivity contribution in [3.8, 4) is 0 Å². The average Bonchev–Trinajstić information content (AvgIpc) is 2.01. The molecule has 0 aromatic carbocycles. The third-order valence-corrected chi connectivity index (χ3v) is 1.87. The Bertz CT molecular complexity index is 120. The van der Waals surface area contributed by atoms with Crippen molar-refractivity contribution in [2.24, 2.45) is 5.92 Å². The van der Waals surface area contributed by atoms with E-state index in [0.717, 1.165) is 19.3 Å². The molecule has 0 saturated carbocycles. The molecule has 0 aromatic rings. The van der Waals surface area contributed by atoms with Gasteiger partial charge in [-0.15, -0.1) is 0 Å². The molecule has 0 saturated heterocycles. The van der Waals surface area contributed by atoms with Crippen molar-refractivity contribution >= 4 is 5.91 Å². The molecule has 1 atom stereocenters. The van der Waals surface area contributed by atoms with E-state index in [2.05, 4.69) is 12.2 Å². The molecule has 12 heavy (non-hydrogen) atoms. The van der Waals surface area contributed by atoms with Crippen LogP contribution in [-0.4, -0.2) is 24.2 Å². The first-order valence-corrected chi connectivity index (χ1v) is 4.56. The fourth-order valence-corrected chi connectivity index (χ4v) is 1.23. The topological polar surface area (TPSA) is 49.3 Å². The molecule has 0 aromatic heterocycles. The highest BCUT2D eigenvalue weighted by Gasteiger charge is 2.06. The summed E-state index contributed by atoms with van der Waals surface area (Å²) in [6.45, 7) is 4.54. The van der Waals surface area contributed by atoms with Crippen molar-refractivity contribution in [2.75, 3.05) is 13.2 Å². The van der Waals surface area contributed by atoms with Crippen LogP contribution in [0, 0.1) is 5.92 Å². The molecule has 0 aliphatic heterocycles. The predicted molar refractivity (Wildman–Crippen MR) is 48.8 cm³/mol. The molecular weight excluding hydrogens is 154 g/mol. The lowest BCUT2D eigenvalue weighted by Crippen LogP contribution is -2.27. The molecule has 0 bridgehead atoms. The Hall–Kier alpha value is -0.570. The fourth-order valence-electron chi connectivity index (χ4n) is 1.23. The van der Waals surface area contributed by atoms with Gasteiger partial charge in [0.05, 0.1) is 0 Å². The molecule has 2 N–H and O–H groups in total. The third kappa shape index (κ3) is 6.16. The van der Waals surface area contributed by atoms with Crippen LogP contribution in [-0.2, 0) is 4.79 Å². The lowest BCUT2D eigenvalue weighted by molar-refractivity contribution is -0.119. The molecule has 0 spiro atoms. The SMILES string of the molecule is CCCC(CCO)CNC(C)=O. The zero-order valence-electron chi connectivity index (χ0n) is 7.97. The minimum Gasteiger partial charge on any atom is -0.396 e. The summed E-state index contributed by atoms with van der Waals surface area (Å²) in [6.07, 6.45) is 2.96. The first-order valence-electron chi connectivity index (χ1n) is 4.56. The highest BCUT2D eigenvalue weighted by atomic mass is 16.3. The maximum Gasteiger partial charge on any atom is 0.216 e. The largest absolute Gasteiger partial charge is 0.396 e. The highest BCUT2D eigenvalue weighted by Crippen LogP contribution is 2.08. The van der Waals surface area contributed by atoms with Crippen LogP contribution in [0.15, 0.2) is 0 Å². The Labute approximate surface area is 74.2 Å². The molecule has 0 fully saturated rings. The Balaban J connectivity index is 3.54. The molecular formula is C9H19NO2. The van der Waals surface area contributed by atoms with E-state index < -0.39 is 0 Å².